The molecule has 0 radical (unpaired) electrons. The summed E-state index contributed by atoms with van der Waals surface area (Å²) in [5, 5.41) is 0. The van der Waals surface area contributed by atoms with Gasteiger partial charge in [0, 0.05) is 49.8 Å². The van der Waals surface area contributed by atoms with Crippen LogP contribution in [0.1, 0.15) is 31.4 Å². The number of carbonyl (C=O) groups excluding carboxylic acids is 1. The second-order valence-corrected chi connectivity index (χ2v) is 8.93. The molecule has 2 aliphatic heterocycles. The van der Waals surface area contributed by atoms with Crippen molar-refractivity contribution < 1.29 is 4.79 Å². The van der Waals surface area contributed by atoms with Crippen LogP contribution in [-0.2, 0) is 17.8 Å². The van der Waals surface area contributed by atoms with E-state index in [4.69, 9.17) is 0 Å². The number of hydrogen-bond acceptors (Lipinski definition) is 3. The Hall–Kier alpha value is -1.78. The topological polar surface area (TPSA) is 23.6 Å². The number of anilines is 1. The minimum Gasteiger partial charge on any atom is -0.310 e. The molecule has 1 atom stereocenters. The highest BCUT2D eigenvalue weighted by molar-refractivity contribution is 7.99. The molecule has 0 saturated carbocycles. The van der Waals surface area contributed by atoms with Gasteiger partial charge < -0.3 is 4.90 Å². The summed E-state index contributed by atoms with van der Waals surface area (Å²) >= 11 is 2.06. The Morgan fingerprint density at radius 2 is 1.78 bits per heavy atom. The van der Waals surface area contributed by atoms with Gasteiger partial charge in [0.1, 0.15) is 0 Å². The van der Waals surface area contributed by atoms with Crippen LogP contribution in [0.2, 0.25) is 0 Å². The van der Waals surface area contributed by atoms with E-state index in [9.17, 15) is 4.79 Å². The highest BCUT2D eigenvalue weighted by Gasteiger charge is 2.26. The highest BCUT2D eigenvalue weighted by atomic mass is 32.2. The van der Waals surface area contributed by atoms with Gasteiger partial charge in [-0.1, -0.05) is 30.3 Å². The third-order valence-corrected chi connectivity index (χ3v) is 6.69. The first-order valence-electron chi connectivity index (χ1n) is 9.94. The zero-order valence-corrected chi connectivity index (χ0v) is 17.1. The average molecular weight is 381 g/mol. The lowest BCUT2D eigenvalue weighted by Gasteiger charge is -2.34. The van der Waals surface area contributed by atoms with Gasteiger partial charge in [-0.05, 0) is 54.2 Å². The normalized spacial score (nSPS) is 20.4. The molecule has 1 saturated heterocycles. The van der Waals surface area contributed by atoms with Crippen molar-refractivity contribution in [1.29, 1.82) is 0 Å². The fourth-order valence-electron chi connectivity index (χ4n) is 4.23. The molecule has 4 rings (SSSR count). The Kier molecular flexibility index (Phi) is 5.55. The molecule has 2 aromatic rings. The molecule has 4 heteroatoms. The van der Waals surface area contributed by atoms with Gasteiger partial charge in [0.15, 0.2) is 0 Å². The highest BCUT2D eigenvalue weighted by Crippen LogP contribution is 2.34. The minimum atomic E-state index is 0.136. The second kappa shape index (κ2) is 8.07. The van der Waals surface area contributed by atoms with Gasteiger partial charge in [0.25, 0.3) is 0 Å². The van der Waals surface area contributed by atoms with Crippen molar-refractivity contribution in [2.75, 3.05) is 29.5 Å². The molecule has 0 spiro atoms. The number of carbonyl (C=O) groups is 1. The Balaban J connectivity index is 1.53. The Morgan fingerprint density at radius 1 is 1.07 bits per heavy atom. The van der Waals surface area contributed by atoms with Gasteiger partial charge in [-0.2, -0.15) is 11.8 Å². The molecule has 142 valence electrons. The minimum absolute atomic E-state index is 0.136. The van der Waals surface area contributed by atoms with Crippen LogP contribution in [-0.4, -0.2) is 41.4 Å². The number of rotatable bonds is 3. The summed E-state index contributed by atoms with van der Waals surface area (Å²) in [6.07, 6.45) is 2.07. The lowest BCUT2D eigenvalue weighted by Crippen LogP contribution is -2.40. The maximum absolute atomic E-state index is 12.0. The van der Waals surface area contributed by atoms with Gasteiger partial charge in [0.05, 0.1) is 0 Å². The molecule has 0 unspecified atom stereocenters. The van der Waals surface area contributed by atoms with Gasteiger partial charge in [-0.25, -0.2) is 0 Å². The van der Waals surface area contributed by atoms with E-state index in [0.29, 0.717) is 0 Å². The van der Waals surface area contributed by atoms with Gasteiger partial charge in [-0.15, -0.1) is 0 Å². The van der Waals surface area contributed by atoms with E-state index >= 15 is 0 Å². The number of aryl methyl sites for hydroxylation is 1. The smallest absolute Gasteiger partial charge is 0.224 e. The predicted molar refractivity (Wildman–Crippen MR) is 115 cm³/mol. The summed E-state index contributed by atoms with van der Waals surface area (Å²) in [5.74, 6) is 2.64. The van der Waals surface area contributed by atoms with Crippen LogP contribution in [0.25, 0.3) is 11.1 Å². The molecule has 0 N–H and O–H groups in total. The van der Waals surface area contributed by atoms with Crippen LogP contribution in [0.4, 0.5) is 5.69 Å². The van der Waals surface area contributed by atoms with Crippen molar-refractivity contribution in [3.05, 3.63) is 53.6 Å². The summed E-state index contributed by atoms with van der Waals surface area (Å²) in [7, 11) is 0. The lowest BCUT2D eigenvalue weighted by atomic mass is 9.93. The second-order valence-electron chi connectivity index (χ2n) is 7.71. The zero-order chi connectivity index (χ0) is 18.8. The molecular weight excluding hydrogens is 352 g/mol. The number of hydrogen-bond donors (Lipinski definition) is 0. The summed E-state index contributed by atoms with van der Waals surface area (Å²) in [4.78, 5) is 16.5. The third-order valence-electron chi connectivity index (χ3n) is 5.75. The van der Waals surface area contributed by atoms with Crippen LogP contribution >= 0.6 is 11.8 Å². The maximum atomic E-state index is 12.0. The van der Waals surface area contributed by atoms with Crippen LogP contribution < -0.4 is 4.90 Å². The van der Waals surface area contributed by atoms with Crippen LogP contribution in [0.15, 0.2) is 42.5 Å². The van der Waals surface area contributed by atoms with E-state index < -0.39 is 0 Å². The van der Waals surface area contributed by atoms with E-state index in [2.05, 4.69) is 66.1 Å². The monoisotopic (exact) mass is 380 g/mol. The summed E-state index contributed by atoms with van der Waals surface area (Å²) in [6.45, 7) is 7.25. The predicted octanol–water partition coefficient (Wildman–Crippen LogP) is 4.59. The van der Waals surface area contributed by atoms with Crippen molar-refractivity contribution in [3.8, 4) is 11.1 Å². The van der Waals surface area contributed by atoms with Gasteiger partial charge in [0.2, 0.25) is 5.91 Å². The largest absolute Gasteiger partial charge is 0.310 e. The van der Waals surface area contributed by atoms with Crippen LogP contribution in [0.5, 0.6) is 0 Å². The van der Waals surface area contributed by atoms with E-state index in [1.54, 1.807) is 6.92 Å². The molecule has 2 aromatic carbocycles. The molecule has 27 heavy (non-hydrogen) atoms. The molecule has 0 bridgehead atoms. The molecule has 2 aliphatic rings. The van der Waals surface area contributed by atoms with E-state index in [1.165, 1.54) is 46.8 Å². The lowest BCUT2D eigenvalue weighted by molar-refractivity contribution is -0.117. The molecular formula is C23H28N2OS. The molecule has 0 aliphatic carbocycles. The summed E-state index contributed by atoms with van der Waals surface area (Å²) in [6, 6.07) is 15.8. The van der Waals surface area contributed by atoms with Crippen molar-refractivity contribution >= 4 is 23.4 Å². The number of fused-ring (bicyclic) bond motifs is 1. The number of benzene rings is 2. The third kappa shape index (κ3) is 4.07. The fraction of sp³-hybridized carbons (Fsp3) is 0.435. The van der Waals surface area contributed by atoms with E-state index in [0.717, 1.165) is 25.1 Å². The van der Waals surface area contributed by atoms with Gasteiger partial charge in [-0.3, -0.25) is 9.69 Å². The molecule has 1 amide bonds. The standard InChI is InChI=1S/C23H28N2OS/c1-17-3-6-22-15-21(9-10-23(22)25(17)18(2)26)20-7-4-19(5-8-20)16-24-11-13-27-14-12-24/h4-5,7-10,15,17H,3,6,11-14,16H2,1-2H3/t17-/m0/s1. The molecule has 0 aromatic heterocycles. The Morgan fingerprint density at radius 3 is 2.48 bits per heavy atom. The zero-order valence-electron chi connectivity index (χ0n) is 16.3. The first-order valence-corrected chi connectivity index (χ1v) is 11.1. The van der Waals surface area contributed by atoms with Gasteiger partial charge >= 0.3 is 0 Å². The van der Waals surface area contributed by atoms with Crippen molar-refractivity contribution in [2.45, 2.75) is 39.3 Å². The fourth-order valence-corrected chi connectivity index (χ4v) is 5.21. The maximum Gasteiger partial charge on any atom is 0.224 e. The SMILES string of the molecule is CC(=O)N1c2ccc(-c3ccc(CN4CCSCC4)cc3)cc2CC[C@@H]1C. The van der Waals surface area contributed by atoms with Crippen molar-refractivity contribution in [3.63, 3.8) is 0 Å². The molecule has 1 fully saturated rings. The average Bonchev–Trinajstić information content (AvgIpc) is 2.68. The van der Waals surface area contributed by atoms with Crippen molar-refractivity contribution in [1.82, 2.24) is 4.90 Å². The number of amides is 1. The van der Waals surface area contributed by atoms with Crippen molar-refractivity contribution in [2.24, 2.45) is 0 Å². The van der Waals surface area contributed by atoms with E-state index in [-0.39, 0.29) is 11.9 Å². The van der Waals surface area contributed by atoms with Crippen LogP contribution in [0.3, 0.4) is 0 Å². The molecule has 3 nitrogen and oxygen atoms in total. The summed E-state index contributed by atoms with van der Waals surface area (Å²) in [5.41, 5.74) is 6.26. The number of thioether (sulfide) groups is 1. The number of nitrogens with zero attached hydrogens (tertiary/aromatic N) is 2. The first-order chi connectivity index (χ1) is 13.1. The first kappa shape index (κ1) is 18.6. The van der Waals surface area contributed by atoms with Crippen LogP contribution in [0, 0.1) is 0 Å². The Bertz CT molecular complexity index is 812. The molecule has 2 heterocycles. The Labute approximate surface area is 166 Å². The quantitative estimate of drug-likeness (QED) is 0.778. The summed E-state index contributed by atoms with van der Waals surface area (Å²) < 4.78 is 0. The van der Waals surface area contributed by atoms with E-state index in [1.807, 2.05) is 4.90 Å².